The van der Waals surface area contributed by atoms with Gasteiger partial charge in [0, 0.05) is 28.0 Å². The number of carbonyl (C=O) groups is 1. The molecule has 48 heavy (non-hydrogen) atoms. The van der Waals surface area contributed by atoms with Crippen LogP contribution >= 0.6 is 30.3 Å². The molecule has 5 rings (SSSR count). The lowest BCUT2D eigenvalue weighted by molar-refractivity contribution is -0.146. The quantitative estimate of drug-likeness (QED) is 0.0682. The van der Waals surface area contributed by atoms with Gasteiger partial charge in [-0.3, -0.25) is 13.9 Å². The van der Waals surface area contributed by atoms with Gasteiger partial charge < -0.3 is 34.7 Å². The Labute approximate surface area is 291 Å². The van der Waals surface area contributed by atoms with Gasteiger partial charge in [0.1, 0.15) is 29.6 Å². The van der Waals surface area contributed by atoms with E-state index in [-0.39, 0.29) is 40.8 Å². The summed E-state index contributed by atoms with van der Waals surface area (Å²) in [4.78, 5) is 25.7. The lowest BCUT2D eigenvalue weighted by Gasteiger charge is -2.28. The molecule has 6 atom stereocenters. The summed E-state index contributed by atoms with van der Waals surface area (Å²) in [7, 11) is -2.98. The van der Waals surface area contributed by atoms with Gasteiger partial charge in [-0.2, -0.15) is 15.1 Å². The van der Waals surface area contributed by atoms with Gasteiger partial charge in [-0.1, -0.05) is 57.2 Å². The van der Waals surface area contributed by atoms with Crippen LogP contribution < -0.4 is 20.1 Å². The summed E-state index contributed by atoms with van der Waals surface area (Å²) in [5, 5.41) is 27.0. The Morgan fingerprint density at radius 3 is 2.62 bits per heavy atom. The number of anilines is 1. The minimum absolute atomic E-state index is 0.0549. The van der Waals surface area contributed by atoms with Crippen molar-refractivity contribution in [3.8, 4) is 11.6 Å². The van der Waals surface area contributed by atoms with Crippen molar-refractivity contribution in [1.82, 2.24) is 24.6 Å². The molecule has 0 amide bonds. The number of nitrogens with two attached hydrogens (primary N) is 1. The number of fused-ring (bicyclic) bond motifs is 2. The highest BCUT2D eigenvalue weighted by atomic mass is 127. The van der Waals surface area contributed by atoms with Crippen LogP contribution in [0.5, 0.6) is 11.6 Å². The zero-order valence-electron chi connectivity index (χ0n) is 27.4. The van der Waals surface area contributed by atoms with E-state index in [0.717, 1.165) is 5.39 Å². The molecule has 1 fully saturated rings. The first-order chi connectivity index (χ1) is 22.5. The van der Waals surface area contributed by atoms with Crippen LogP contribution in [0.15, 0.2) is 42.5 Å². The molecule has 2 aromatic heterocycles. The van der Waals surface area contributed by atoms with Crippen molar-refractivity contribution < 1.29 is 42.8 Å². The van der Waals surface area contributed by atoms with E-state index in [9.17, 15) is 19.6 Å². The molecule has 0 saturated carbocycles. The number of esters is 1. The number of aromatic nitrogens is 4. The number of aliphatic hydroxyl groups excluding tert-OH is 1. The number of nitrogen functional groups attached to an aromatic ring is 1. The molecule has 1 saturated heterocycles. The van der Waals surface area contributed by atoms with Gasteiger partial charge in [-0.05, 0) is 37.1 Å². The third-order valence-electron chi connectivity index (χ3n) is 7.84. The van der Waals surface area contributed by atoms with Crippen molar-refractivity contribution in [2.24, 2.45) is 5.41 Å². The fourth-order valence-electron chi connectivity index (χ4n) is 5.18. The number of halogens is 1. The van der Waals surface area contributed by atoms with E-state index in [1.807, 2.05) is 67.6 Å². The smallest absolute Gasteiger partial charge is 0.459 e. The van der Waals surface area contributed by atoms with E-state index in [0.29, 0.717) is 15.6 Å². The number of hydrogen-bond acceptors (Lipinski definition) is 13. The number of nitrogens with one attached hydrogen (secondary N) is 1. The van der Waals surface area contributed by atoms with Crippen molar-refractivity contribution in [3.63, 3.8) is 0 Å². The van der Waals surface area contributed by atoms with Gasteiger partial charge in [0.25, 0.3) is 0 Å². The first-order valence-corrected chi connectivity index (χ1v) is 17.8. The maximum atomic E-state index is 14.4. The van der Waals surface area contributed by atoms with Crippen molar-refractivity contribution in [3.05, 3.63) is 46.3 Å². The average molecular weight is 799 g/mol. The lowest BCUT2D eigenvalue weighted by Crippen LogP contribution is -2.45. The van der Waals surface area contributed by atoms with E-state index in [4.69, 9.17) is 29.0 Å². The molecule has 15 nitrogen and oxygen atoms in total. The fraction of sp³-hybridized carbons (Fsp3) is 0.484. The summed E-state index contributed by atoms with van der Waals surface area (Å²) in [6.45, 7) is 8.61. The van der Waals surface area contributed by atoms with E-state index in [2.05, 4.69) is 20.0 Å². The summed E-state index contributed by atoms with van der Waals surface area (Å²) in [6.07, 6.45) is -3.37. The van der Waals surface area contributed by atoms with Gasteiger partial charge in [-0.25, -0.2) is 9.55 Å². The fourth-order valence-corrected chi connectivity index (χ4v) is 7.42. The van der Waals surface area contributed by atoms with Crippen molar-refractivity contribution >= 4 is 64.2 Å². The Bertz CT molecular complexity index is 1840. The first-order valence-electron chi connectivity index (χ1n) is 15.2. The summed E-state index contributed by atoms with van der Waals surface area (Å²) in [5.41, 5.74) is 4.40. The summed E-state index contributed by atoms with van der Waals surface area (Å²) < 4.78 is 45.0. The zero-order chi connectivity index (χ0) is 35.0. The second kappa shape index (κ2) is 14.0. The SMILES string of the molecule is COc1nc(N)nc2c1nc(I)n2[C@@H]1O[C@H](COP(=O)(NC(C)C(=O)OCCC(C)(C)C)Oc2cccc3ccccc23)[C@@H](O)[C@@]1(C)O. The maximum absolute atomic E-state index is 14.4. The highest BCUT2D eigenvalue weighted by molar-refractivity contribution is 14.1. The Hall–Kier alpha value is -3.12. The lowest BCUT2D eigenvalue weighted by atomic mass is 9.93. The number of nitrogens with zero attached hydrogens (tertiary/aromatic N) is 4. The van der Waals surface area contributed by atoms with Crippen molar-refractivity contribution in [2.45, 2.75) is 71.1 Å². The van der Waals surface area contributed by atoms with Gasteiger partial charge in [0.2, 0.25) is 11.8 Å². The third-order valence-corrected chi connectivity index (χ3v) is 10.2. The number of rotatable bonds is 12. The Balaban J connectivity index is 1.40. The number of methoxy groups -OCH3 is 1. The molecule has 3 heterocycles. The highest BCUT2D eigenvalue weighted by Crippen LogP contribution is 2.49. The maximum Gasteiger partial charge on any atom is 0.459 e. The molecule has 2 unspecified atom stereocenters. The van der Waals surface area contributed by atoms with Crippen LogP contribution in [0.25, 0.3) is 21.9 Å². The van der Waals surface area contributed by atoms with Gasteiger partial charge in [0.05, 0.1) is 20.3 Å². The molecule has 2 aromatic carbocycles. The minimum atomic E-state index is -4.38. The van der Waals surface area contributed by atoms with Gasteiger partial charge in [0.15, 0.2) is 21.2 Å². The highest BCUT2D eigenvalue weighted by Gasteiger charge is 2.55. The van der Waals surface area contributed by atoms with E-state index >= 15 is 0 Å². The number of imidazole rings is 1. The molecular weight excluding hydrogens is 758 g/mol. The molecule has 0 spiro atoms. The second-order valence-corrected chi connectivity index (χ2v) is 15.6. The number of aliphatic hydroxyl groups is 2. The molecule has 5 N–H and O–H groups in total. The molecular formula is C31H40IN6O9P. The van der Waals surface area contributed by atoms with Crippen LogP contribution in [0.1, 0.15) is 47.3 Å². The second-order valence-electron chi connectivity index (χ2n) is 12.9. The molecule has 4 aromatic rings. The Kier molecular flexibility index (Phi) is 10.6. The number of benzene rings is 2. The summed E-state index contributed by atoms with van der Waals surface area (Å²) in [6, 6.07) is 11.5. The third kappa shape index (κ3) is 7.69. The number of carbonyl (C=O) groups excluding carboxylic acids is 1. The van der Waals surface area contributed by atoms with E-state index in [1.54, 1.807) is 18.2 Å². The van der Waals surface area contributed by atoms with E-state index < -0.39 is 50.4 Å². The van der Waals surface area contributed by atoms with Gasteiger partial charge >= 0.3 is 13.7 Å². The predicted octanol–water partition coefficient (Wildman–Crippen LogP) is 4.35. The molecule has 0 aliphatic carbocycles. The monoisotopic (exact) mass is 798 g/mol. The van der Waals surface area contributed by atoms with Crippen molar-refractivity contribution in [2.75, 3.05) is 26.1 Å². The minimum Gasteiger partial charge on any atom is -0.479 e. The summed E-state index contributed by atoms with van der Waals surface area (Å²) >= 11 is 1.93. The standard InChI is InChI=1S/C31H40IN6O9P/c1-17(26(40)44-15-14-30(2,3)4)37-48(42,47-20-13-9-11-18-10-7-8-12-19(18)20)45-16-21-23(39)31(5,41)27(46-21)38-24-22(34-28(38)32)25(43-6)36-29(33)35-24/h7-13,17,21,23,27,39,41H,14-16H2,1-6H3,(H,37,42)(H2,33,35,36)/t17?,21-,23-,27-,31-,48?/m1/s1. The van der Waals surface area contributed by atoms with Crippen LogP contribution in [0.2, 0.25) is 0 Å². The van der Waals surface area contributed by atoms with Crippen LogP contribution in [-0.2, 0) is 23.4 Å². The Morgan fingerprint density at radius 1 is 1.21 bits per heavy atom. The van der Waals surface area contributed by atoms with Crippen LogP contribution in [0, 0.1) is 9.25 Å². The first kappa shape index (κ1) is 36.2. The summed E-state index contributed by atoms with van der Waals surface area (Å²) in [5.74, 6) is -0.391. The van der Waals surface area contributed by atoms with Crippen molar-refractivity contribution in [1.29, 1.82) is 0 Å². The topological polar surface area (TPSA) is 202 Å². The molecule has 260 valence electrons. The van der Waals surface area contributed by atoms with Crippen LogP contribution in [-0.4, -0.2) is 79.9 Å². The molecule has 1 aliphatic heterocycles. The number of hydrogen-bond donors (Lipinski definition) is 4. The normalized spacial score (nSPS) is 23.2. The molecule has 17 heteroatoms. The predicted molar refractivity (Wildman–Crippen MR) is 185 cm³/mol. The van der Waals surface area contributed by atoms with Crippen LogP contribution in [0.4, 0.5) is 5.95 Å². The largest absolute Gasteiger partial charge is 0.479 e. The zero-order valence-corrected chi connectivity index (χ0v) is 30.5. The Morgan fingerprint density at radius 2 is 1.92 bits per heavy atom. The molecule has 1 aliphatic rings. The van der Waals surface area contributed by atoms with Crippen LogP contribution in [0.3, 0.4) is 0 Å². The molecule has 0 bridgehead atoms. The van der Waals surface area contributed by atoms with Gasteiger partial charge in [-0.15, -0.1) is 0 Å². The number of ether oxygens (including phenoxy) is 3. The van der Waals surface area contributed by atoms with E-state index in [1.165, 1.54) is 25.5 Å². The molecule has 0 radical (unpaired) electrons. The average Bonchev–Trinajstić information content (AvgIpc) is 3.45.